The van der Waals surface area contributed by atoms with Crippen molar-refractivity contribution in [1.29, 1.82) is 0 Å². The maximum absolute atomic E-state index is 13.0. The monoisotopic (exact) mass is 378 g/mol. The summed E-state index contributed by atoms with van der Waals surface area (Å²) in [6.07, 6.45) is 11.2. The molecule has 3 aromatic heterocycles. The van der Waals surface area contributed by atoms with Crippen LogP contribution in [0.1, 0.15) is 55.1 Å². The lowest BCUT2D eigenvalue weighted by molar-refractivity contribution is 0.0951. The first kappa shape index (κ1) is 18.4. The molecule has 146 valence electrons. The average Bonchev–Trinajstić information content (AvgIpc) is 3.17. The number of carbonyl (C=O) groups excluding carboxylic acids is 1. The standard InChI is InChI=1S/C21H26N6O/c1-2-27-20-17(14-25-27)19(26-15-8-4-3-5-9-15)18(13-23-20)21(28)24-12-16-10-6-7-11-22-16/h6-7,10-11,13-15H,2-5,8-9,12H2,1H3,(H,23,26)(H,24,28). The van der Waals surface area contributed by atoms with E-state index in [1.54, 1.807) is 12.4 Å². The van der Waals surface area contributed by atoms with Gasteiger partial charge in [0.15, 0.2) is 5.65 Å². The molecule has 1 fully saturated rings. The van der Waals surface area contributed by atoms with Crippen LogP contribution in [0.5, 0.6) is 0 Å². The quantitative estimate of drug-likeness (QED) is 0.685. The SMILES string of the molecule is CCn1ncc2c(NC3CCCCC3)c(C(=O)NCc3ccccn3)cnc21. The van der Waals surface area contributed by atoms with Crippen LogP contribution >= 0.6 is 0 Å². The van der Waals surface area contributed by atoms with Gasteiger partial charge in [0.2, 0.25) is 0 Å². The second kappa shape index (κ2) is 8.37. The van der Waals surface area contributed by atoms with Crippen molar-refractivity contribution in [2.24, 2.45) is 0 Å². The van der Waals surface area contributed by atoms with E-state index < -0.39 is 0 Å². The highest BCUT2D eigenvalue weighted by atomic mass is 16.1. The van der Waals surface area contributed by atoms with Gasteiger partial charge in [-0.15, -0.1) is 0 Å². The van der Waals surface area contributed by atoms with Gasteiger partial charge in [0.05, 0.1) is 35.1 Å². The maximum atomic E-state index is 13.0. The number of amides is 1. The Morgan fingerprint density at radius 2 is 2.04 bits per heavy atom. The predicted molar refractivity (Wildman–Crippen MR) is 109 cm³/mol. The number of pyridine rings is 2. The van der Waals surface area contributed by atoms with Gasteiger partial charge in [-0.2, -0.15) is 5.10 Å². The summed E-state index contributed by atoms with van der Waals surface area (Å²) >= 11 is 0. The summed E-state index contributed by atoms with van der Waals surface area (Å²) in [4.78, 5) is 21.7. The molecule has 0 aromatic carbocycles. The summed E-state index contributed by atoms with van der Waals surface area (Å²) < 4.78 is 1.86. The van der Waals surface area contributed by atoms with Crippen LogP contribution in [-0.2, 0) is 13.1 Å². The Hall–Kier alpha value is -2.96. The molecular formula is C21H26N6O. The molecule has 0 bridgehead atoms. The summed E-state index contributed by atoms with van der Waals surface area (Å²) in [5, 5.41) is 11.9. The number of anilines is 1. The molecular weight excluding hydrogens is 352 g/mol. The fraction of sp³-hybridized carbons (Fsp3) is 0.429. The minimum atomic E-state index is -0.150. The Labute approximate surface area is 164 Å². The van der Waals surface area contributed by atoms with Crippen molar-refractivity contribution in [3.05, 3.63) is 48.0 Å². The molecule has 0 atom stereocenters. The Morgan fingerprint density at radius 1 is 1.18 bits per heavy atom. The number of rotatable bonds is 6. The lowest BCUT2D eigenvalue weighted by Gasteiger charge is -2.25. The Morgan fingerprint density at radius 3 is 2.79 bits per heavy atom. The zero-order valence-corrected chi connectivity index (χ0v) is 16.2. The number of hydrogen-bond donors (Lipinski definition) is 2. The van der Waals surface area contributed by atoms with Gasteiger partial charge in [0.25, 0.3) is 5.91 Å². The highest BCUT2D eigenvalue weighted by molar-refractivity contribution is 6.06. The van der Waals surface area contributed by atoms with Crippen LogP contribution in [0.2, 0.25) is 0 Å². The molecule has 0 radical (unpaired) electrons. The van der Waals surface area contributed by atoms with Crippen molar-refractivity contribution >= 4 is 22.6 Å². The van der Waals surface area contributed by atoms with Gasteiger partial charge in [-0.1, -0.05) is 25.3 Å². The van der Waals surface area contributed by atoms with E-state index in [1.807, 2.05) is 36.0 Å². The van der Waals surface area contributed by atoms with Crippen LogP contribution < -0.4 is 10.6 Å². The Bertz CT molecular complexity index is 946. The maximum Gasteiger partial charge on any atom is 0.255 e. The summed E-state index contributed by atoms with van der Waals surface area (Å²) in [7, 11) is 0. The fourth-order valence-corrected chi connectivity index (χ4v) is 3.81. The third-order valence-electron chi connectivity index (χ3n) is 5.32. The summed E-state index contributed by atoms with van der Waals surface area (Å²) in [5.74, 6) is -0.150. The number of nitrogens with one attached hydrogen (secondary N) is 2. The van der Waals surface area contributed by atoms with Gasteiger partial charge >= 0.3 is 0 Å². The number of carbonyl (C=O) groups is 1. The molecule has 0 spiro atoms. The normalized spacial score (nSPS) is 14.9. The van der Waals surface area contributed by atoms with Crippen molar-refractivity contribution in [3.8, 4) is 0 Å². The van der Waals surface area contributed by atoms with E-state index in [1.165, 1.54) is 19.3 Å². The van der Waals surface area contributed by atoms with Gasteiger partial charge in [0.1, 0.15) is 0 Å². The first-order valence-corrected chi connectivity index (χ1v) is 10.1. The van der Waals surface area contributed by atoms with E-state index in [-0.39, 0.29) is 5.91 Å². The predicted octanol–water partition coefficient (Wildman–Crippen LogP) is 3.52. The van der Waals surface area contributed by atoms with Gasteiger partial charge in [-0.3, -0.25) is 9.78 Å². The van der Waals surface area contributed by atoms with Crippen LogP contribution in [0.25, 0.3) is 11.0 Å². The molecule has 28 heavy (non-hydrogen) atoms. The lowest BCUT2D eigenvalue weighted by atomic mass is 9.95. The number of fused-ring (bicyclic) bond motifs is 1. The largest absolute Gasteiger partial charge is 0.381 e. The van der Waals surface area contributed by atoms with Crippen molar-refractivity contribution in [3.63, 3.8) is 0 Å². The van der Waals surface area contributed by atoms with Gasteiger partial charge in [-0.25, -0.2) is 9.67 Å². The molecule has 7 heteroatoms. The van der Waals surface area contributed by atoms with E-state index >= 15 is 0 Å². The smallest absolute Gasteiger partial charge is 0.255 e. The Kier molecular flexibility index (Phi) is 5.50. The van der Waals surface area contributed by atoms with Crippen LogP contribution in [0.4, 0.5) is 5.69 Å². The van der Waals surface area contributed by atoms with Gasteiger partial charge < -0.3 is 10.6 Å². The van der Waals surface area contributed by atoms with Gasteiger partial charge in [-0.05, 0) is 31.9 Å². The van der Waals surface area contributed by atoms with Crippen LogP contribution in [0.15, 0.2) is 36.8 Å². The van der Waals surface area contributed by atoms with Crippen molar-refractivity contribution in [2.45, 2.75) is 58.2 Å². The van der Waals surface area contributed by atoms with E-state index in [2.05, 4.69) is 25.7 Å². The van der Waals surface area contributed by atoms with E-state index in [9.17, 15) is 4.79 Å². The molecule has 0 aliphatic heterocycles. The van der Waals surface area contributed by atoms with E-state index in [0.717, 1.165) is 41.8 Å². The zero-order valence-electron chi connectivity index (χ0n) is 16.2. The second-order valence-electron chi connectivity index (χ2n) is 7.23. The molecule has 0 unspecified atom stereocenters. The minimum absolute atomic E-state index is 0.150. The summed E-state index contributed by atoms with van der Waals surface area (Å²) in [6.45, 7) is 3.16. The van der Waals surface area contributed by atoms with E-state index in [0.29, 0.717) is 18.2 Å². The molecule has 2 N–H and O–H groups in total. The first-order chi connectivity index (χ1) is 13.8. The highest BCUT2D eigenvalue weighted by Gasteiger charge is 2.21. The van der Waals surface area contributed by atoms with Crippen LogP contribution in [0.3, 0.4) is 0 Å². The first-order valence-electron chi connectivity index (χ1n) is 10.1. The third-order valence-corrected chi connectivity index (χ3v) is 5.32. The van der Waals surface area contributed by atoms with E-state index in [4.69, 9.17) is 0 Å². The molecule has 1 aliphatic rings. The van der Waals surface area contributed by atoms with Crippen LogP contribution in [-0.4, -0.2) is 31.7 Å². The van der Waals surface area contributed by atoms with Crippen molar-refractivity contribution in [1.82, 2.24) is 25.1 Å². The topological polar surface area (TPSA) is 84.7 Å². The van der Waals surface area contributed by atoms with Crippen LogP contribution in [0, 0.1) is 0 Å². The number of hydrogen-bond acceptors (Lipinski definition) is 5. The molecule has 3 heterocycles. The fourth-order valence-electron chi connectivity index (χ4n) is 3.81. The summed E-state index contributed by atoms with van der Waals surface area (Å²) in [5.41, 5.74) is 3.03. The number of aromatic nitrogens is 4. The second-order valence-corrected chi connectivity index (χ2v) is 7.23. The third kappa shape index (κ3) is 3.83. The molecule has 0 saturated heterocycles. The minimum Gasteiger partial charge on any atom is -0.381 e. The number of nitrogens with zero attached hydrogens (tertiary/aromatic N) is 4. The Balaban J connectivity index is 1.63. The molecule has 1 amide bonds. The van der Waals surface area contributed by atoms with Crippen molar-refractivity contribution in [2.75, 3.05) is 5.32 Å². The average molecular weight is 378 g/mol. The molecule has 3 aromatic rings. The molecule has 4 rings (SSSR count). The van der Waals surface area contributed by atoms with Gasteiger partial charge in [0, 0.05) is 25.0 Å². The molecule has 7 nitrogen and oxygen atoms in total. The lowest BCUT2D eigenvalue weighted by Crippen LogP contribution is -2.27. The summed E-state index contributed by atoms with van der Waals surface area (Å²) in [6, 6.07) is 6.05. The number of aryl methyl sites for hydroxylation is 1. The zero-order chi connectivity index (χ0) is 19.3. The van der Waals surface area contributed by atoms with Crippen molar-refractivity contribution < 1.29 is 4.79 Å². The molecule has 1 saturated carbocycles. The molecule has 1 aliphatic carbocycles. The highest BCUT2D eigenvalue weighted by Crippen LogP contribution is 2.29.